The third-order valence-corrected chi connectivity index (χ3v) is 4.31. The smallest absolute Gasteiger partial charge is 0.311 e. The van der Waals surface area contributed by atoms with Gasteiger partial charge in [0.25, 0.3) is 5.89 Å². The molecule has 1 aromatic heterocycles. The summed E-state index contributed by atoms with van der Waals surface area (Å²) in [5, 5.41) is 6.39. The number of benzene rings is 1. The first-order valence-corrected chi connectivity index (χ1v) is 7.63. The second-order valence-corrected chi connectivity index (χ2v) is 5.91. The first-order valence-electron chi connectivity index (χ1n) is 7.63. The zero-order valence-corrected chi connectivity index (χ0v) is 12.3. The van der Waals surface area contributed by atoms with Crippen LogP contribution in [-0.2, 0) is 0 Å². The molecule has 4 rings (SSSR count). The molecule has 2 N–H and O–H groups in total. The maximum Gasteiger partial charge on any atom is 0.311 e. The third kappa shape index (κ3) is 2.92. The topological polar surface area (TPSA) is 76.4 Å². The van der Waals surface area contributed by atoms with Crippen molar-refractivity contribution in [3.05, 3.63) is 42.2 Å². The quantitative estimate of drug-likeness (QED) is 0.904. The highest BCUT2D eigenvalue weighted by Gasteiger charge is 2.40. The van der Waals surface area contributed by atoms with E-state index in [0.717, 1.165) is 12.8 Å². The molecule has 2 bridgehead atoms. The molecular formula is C16H16FN3O3. The Balaban J connectivity index is 1.40. The van der Waals surface area contributed by atoms with Gasteiger partial charge in [0.05, 0.1) is 0 Å². The van der Waals surface area contributed by atoms with E-state index in [1.807, 2.05) is 0 Å². The fourth-order valence-corrected chi connectivity index (χ4v) is 3.27. The molecule has 1 amide bonds. The Kier molecular flexibility index (Phi) is 3.49. The molecule has 0 aliphatic carbocycles. The van der Waals surface area contributed by atoms with Gasteiger partial charge in [0.1, 0.15) is 17.8 Å². The number of carbonyl (C=O) groups is 1. The van der Waals surface area contributed by atoms with Crippen molar-refractivity contribution < 1.29 is 18.3 Å². The molecule has 3 atom stereocenters. The second kappa shape index (κ2) is 5.66. The predicted molar refractivity (Wildman–Crippen MR) is 78.8 cm³/mol. The van der Waals surface area contributed by atoms with Gasteiger partial charge in [-0.05, 0) is 31.4 Å². The van der Waals surface area contributed by atoms with Crippen molar-refractivity contribution in [3.8, 4) is 11.7 Å². The number of rotatable bonds is 4. The van der Waals surface area contributed by atoms with Crippen molar-refractivity contribution in [2.45, 2.75) is 37.4 Å². The Labute approximate surface area is 132 Å². The molecule has 3 heterocycles. The minimum absolute atomic E-state index is 0.0480. The Morgan fingerprint density at radius 1 is 1.43 bits per heavy atom. The Bertz CT molecular complexity index is 733. The number of oxazole rings is 1. The van der Waals surface area contributed by atoms with Crippen molar-refractivity contribution in [1.29, 1.82) is 0 Å². The zero-order valence-electron chi connectivity index (χ0n) is 12.3. The van der Waals surface area contributed by atoms with Crippen LogP contribution in [0.1, 0.15) is 29.9 Å². The van der Waals surface area contributed by atoms with E-state index in [-0.39, 0.29) is 29.5 Å². The van der Waals surface area contributed by atoms with Crippen molar-refractivity contribution in [1.82, 2.24) is 15.6 Å². The normalized spacial score (nSPS) is 25.5. The van der Waals surface area contributed by atoms with Crippen LogP contribution in [0.25, 0.3) is 0 Å². The van der Waals surface area contributed by atoms with E-state index in [4.69, 9.17) is 9.15 Å². The Hall–Kier alpha value is -2.41. The summed E-state index contributed by atoms with van der Waals surface area (Å²) in [5.74, 6) is -0.501. The van der Waals surface area contributed by atoms with E-state index in [2.05, 4.69) is 15.6 Å². The number of nitrogens with one attached hydrogen (secondary N) is 2. The summed E-state index contributed by atoms with van der Waals surface area (Å²) in [4.78, 5) is 16.1. The van der Waals surface area contributed by atoms with Crippen LogP contribution in [0.5, 0.6) is 11.7 Å². The van der Waals surface area contributed by atoms with Gasteiger partial charge in [0.15, 0.2) is 0 Å². The number of amides is 1. The minimum atomic E-state index is -0.413. The zero-order chi connectivity index (χ0) is 15.8. The summed E-state index contributed by atoms with van der Waals surface area (Å²) < 4.78 is 23.7. The van der Waals surface area contributed by atoms with Gasteiger partial charge in [-0.25, -0.2) is 9.37 Å². The fraction of sp³-hybridized carbons (Fsp3) is 0.375. The standard InChI is InChI=1S/C16H16FN3O3/c17-9-2-1-3-11(6-9)22-14-8-18-16(23-14)15(21)20-13-7-10-4-5-12(13)19-10/h1-3,6,8,10,12-13,19H,4-5,7H2,(H,20,21). The number of hydrogen-bond donors (Lipinski definition) is 2. The number of ether oxygens (including phenoxy) is 1. The van der Waals surface area contributed by atoms with Crippen LogP contribution in [-0.4, -0.2) is 29.0 Å². The van der Waals surface area contributed by atoms with Crippen LogP contribution in [0.4, 0.5) is 4.39 Å². The highest BCUT2D eigenvalue weighted by molar-refractivity contribution is 5.90. The third-order valence-electron chi connectivity index (χ3n) is 4.31. The predicted octanol–water partition coefficient (Wildman–Crippen LogP) is 2.23. The molecule has 7 heteroatoms. The number of nitrogens with zero attached hydrogens (tertiary/aromatic N) is 1. The highest BCUT2D eigenvalue weighted by Crippen LogP contribution is 2.28. The number of hydrogen-bond acceptors (Lipinski definition) is 5. The first kappa shape index (κ1) is 14.2. The van der Waals surface area contributed by atoms with Crippen LogP contribution in [0.2, 0.25) is 0 Å². The van der Waals surface area contributed by atoms with Crippen LogP contribution in [0.15, 0.2) is 34.9 Å². The molecule has 6 nitrogen and oxygen atoms in total. The molecule has 2 aliphatic heterocycles. The first-order chi connectivity index (χ1) is 11.2. The summed E-state index contributed by atoms with van der Waals surface area (Å²) >= 11 is 0. The molecule has 3 unspecified atom stereocenters. The summed E-state index contributed by atoms with van der Waals surface area (Å²) in [7, 11) is 0. The minimum Gasteiger partial charge on any atom is -0.425 e. The van der Waals surface area contributed by atoms with E-state index in [0.29, 0.717) is 12.1 Å². The van der Waals surface area contributed by atoms with Gasteiger partial charge < -0.3 is 19.8 Å². The van der Waals surface area contributed by atoms with Crippen LogP contribution < -0.4 is 15.4 Å². The van der Waals surface area contributed by atoms with Crippen LogP contribution in [0, 0.1) is 5.82 Å². The molecule has 23 heavy (non-hydrogen) atoms. The molecule has 0 radical (unpaired) electrons. The van der Waals surface area contributed by atoms with Crippen molar-refractivity contribution in [2.75, 3.05) is 0 Å². The average Bonchev–Trinajstić information content (AvgIpc) is 3.23. The lowest BCUT2D eigenvalue weighted by atomic mass is 9.95. The van der Waals surface area contributed by atoms with Gasteiger partial charge in [0, 0.05) is 24.2 Å². The highest BCUT2D eigenvalue weighted by atomic mass is 19.1. The monoisotopic (exact) mass is 317 g/mol. The molecule has 120 valence electrons. The lowest BCUT2D eigenvalue weighted by molar-refractivity contribution is 0.0890. The Morgan fingerprint density at radius 3 is 3.09 bits per heavy atom. The lowest BCUT2D eigenvalue weighted by Gasteiger charge is -2.20. The maximum atomic E-state index is 13.1. The van der Waals surface area contributed by atoms with E-state index in [1.165, 1.54) is 30.8 Å². The SMILES string of the molecule is O=C(NC1CC2CCC1N2)c1ncc(Oc2cccc(F)c2)o1. The van der Waals surface area contributed by atoms with Gasteiger partial charge in [-0.3, -0.25) is 4.79 Å². The molecule has 2 fully saturated rings. The van der Waals surface area contributed by atoms with Crippen LogP contribution >= 0.6 is 0 Å². The summed E-state index contributed by atoms with van der Waals surface area (Å²) in [5.41, 5.74) is 0. The average molecular weight is 317 g/mol. The molecule has 2 saturated heterocycles. The number of halogens is 1. The van der Waals surface area contributed by atoms with Crippen molar-refractivity contribution in [2.24, 2.45) is 0 Å². The van der Waals surface area contributed by atoms with E-state index < -0.39 is 5.82 Å². The van der Waals surface area contributed by atoms with E-state index in [1.54, 1.807) is 6.07 Å². The van der Waals surface area contributed by atoms with Crippen molar-refractivity contribution in [3.63, 3.8) is 0 Å². The van der Waals surface area contributed by atoms with Crippen LogP contribution in [0.3, 0.4) is 0 Å². The second-order valence-electron chi connectivity index (χ2n) is 5.91. The summed E-state index contributed by atoms with van der Waals surface area (Å²) in [6.07, 6.45) is 4.49. The van der Waals surface area contributed by atoms with Gasteiger partial charge in [-0.1, -0.05) is 6.07 Å². The van der Waals surface area contributed by atoms with Gasteiger partial charge in [0.2, 0.25) is 0 Å². The van der Waals surface area contributed by atoms with E-state index in [9.17, 15) is 9.18 Å². The van der Waals surface area contributed by atoms with Gasteiger partial charge >= 0.3 is 11.9 Å². The van der Waals surface area contributed by atoms with E-state index >= 15 is 0 Å². The molecular weight excluding hydrogens is 301 g/mol. The maximum absolute atomic E-state index is 13.1. The number of aromatic nitrogens is 1. The molecule has 2 aliphatic rings. The molecule has 2 aromatic rings. The lowest BCUT2D eigenvalue weighted by Crippen LogP contribution is -2.43. The summed E-state index contributed by atoms with van der Waals surface area (Å²) in [6.45, 7) is 0. The van der Waals surface area contributed by atoms with Crippen molar-refractivity contribution >= 4 is 5.91 Å². The molecule has 0 saturated carbocycles. The molecule has 0 spiro atoms. The Morgan fingerprint density at radius 2 is 2.35 bits per heavy atom. The summed E-state index contributed by atoms with van der Waals surface area (Å²) in [6, 6.07) is 6.60. The molecule has 1 aromatic carbocycles. The van der Waals surface area contributed by atoms with Gasteiger partial charge in [-0.2, -0.15) is 0 Å². The van der Waals surface area contributed by atoms with Gasteiger partial charge in [-0.15, -0.1) is 0 Å². The fourth-order valence-electron chi connectivity index (χ4n) is 3.27. The number of carbonyl (C=O) groups excluding carboxylic acids is 1. The largest absolute Gasteiger partial charge is 0.425 e. The number of fused-ring (bicyclic) bond motifs is 2.